The summed E-state index contributed by atoms with van der Waals surface area (Å²) < 4.78 is 1.21. The van der Waals surface area contributed by atoms with Crippen molar-refractivity contribution < 1.29 is 4.79 Å². The largest absolute Gasteiger partial charge is 0.326 e. The third-order valence-corrected chi connectivity index (χ3v) is 6.28. The number of benzene rings is 2. The fourth-order valence-electron chi connectivity index (χ4n) is 3.49. The first-order valence-electron chi connectivity index (χ1n) is 10.9. The molecular weight excluding hydrogens is 376 g/mol. The standard InChI is InChI=1S/C25H32N2OS/c1-3-4-5-6-7-8-9-10-11-24(28)26-21-15-13-20(14-16-21)25-27-22-17-12-19(2)18-23(22)29-25/h12-18H,3-11H2,1-2H3,(H,26,28). The molecule has 0 saturated carbocycles. The number of hydrogen-bond donors (Lipinski definition) is 1. The van der Waals surface area contributed by atoms with Gasteiger partial charge in [0.1, 0.15) is 5.01 Å². The molecule has 3 nitrogen and oxygen atoms in total. The number of carbonyl (C=O) groups is 1. The predicted octanol–water partition coefficient (Wildman–Crippen LogP) is 7.74. The highest BCUT2D eigenvalue weighted by molar-refractivity contribution is 7.21. The zero-order valence-electron chi connectivity index (χ0n) is 17.7. The average Bonchev–Trinajstić information content (AvgIpc) is 3.13. The van der Waals surface area contributed by atoms with E-state index in [1.54, 1.807) is 11.3 Å². The summed E-state index contributed by atoms with van der Waals surface area (Å²) in [5, 5.41) is 4.03. The Labute approximate surface area is 178 Å². The first-order chi connectivity index (χ1) is 14.2. The van der Waals surface area contributed by atoms with Crippen molar-refractivity contribution in [3.05, 3.63) is 48.0 Å². The molecule has 0 saturated heterocycles. The number of thiazole rings is 1. The molecule has 0 spiro atoms. The third kappa shape index (κ3) is 6.67. The SMILES string of the molecule is CCCCCCCCCCC(=O)Nc1ccc(-c2nc3ccc(C)cc3s2)cc1. The van der Waals surface area contributed by atoms with Crippen molar-refractivity contribution in [2.45, 2.75) is 71.6 Å². The minimum Gasteiger partial charge on any atom is -0.326 e. The number of carbonyl (C=O) groups excluding carboxylic acids is 1. The molecule has 1 amide bonds. The van der Waals surface area contributed by atoms with Crippen LogP contribution in [-0.4, -0.2) is 10.9 Å². The maximum Gasteiger partial charge on any atom is 0.224 e. The van der Waals surface area contributed by atoms with E-state index < -0.39 is 0 Å². The van der Waals surface area contributed by atoms with Gasteiger partial charge in [0.05, 0.1) is 10.2 Å². The van der Waals surface area contributed by atoms with E-state index in [1.165, 1.54) is 48.8 Å². The molecule has 0 atom stereocenters. The van der Waals surface area contributed by atoms with Gasteiger partial charge in [-0.15, -0.1) is 11.3 Å². The molecule has 0 unspecified atom stereocenters. The molecule has 0 aliphatic heterocycles. The number of fused-ring (bicyclic) bond motifs is 1. The number of aromatic nitrogens is 1. The molecule has 0 fully saturated rings. The Balaban J connectivity index is 1.43. The van der Waals surface area contributed by atoms with E-state index in [0.717, 1.165) is 34.6 Å². The molecule has 0 aliphatic carbocycles. The monoisotopic (exact) mass is 408 g/mol. The van der Waals surface area contributed by atoms with E-state index in [4.69, 9.17) is 4.98 Å². The Hall–Kier alpha value is -2.20. The van der Waals surface area contributed by atoms with Gasteiger partial charge >= 0.3 is 0 Å². The maximum atomic E-state index is 12.2. The second kappa shape index (κ2) is 11.1. The Morgan fingerprint density at radius 3 is 2.34 bits per heavy atom. The summed E-state index contributed by atoms with van der Waals surface area (Å²) in [5.41, 5.74) is 4.24. The van der Waals surface area contributed by atoms with Crippen molar-refractivity contribution in [3.63, 3.8) is 0 Å². The molecule has 29 heavy (non-hydrogen) atoms. The second-order valence-electron chi connectivity index (χ2n) is 7.84. The van der Waals surface area contributed by atoms with Crippen LogP contribution in [0.25, 0.3) is 20.8 Å². The first kappa shape index (κ1) is 21.5. The number of amides is 1. The predicted molar refractivity (Wildman–Crippen MR) is 126 cm³/mol. The summed E-state index contributed by atoms with van der Waals surface area (Å²) in [6.07, 6.45) is 10.6. The molecule has 0 bridgehead atoms. The summed E-state index contributed by atoms with van der Waals surface area (Å²) in [5.74, 6) is 0.110. The van der Waals surface area contributed by atoms with Crippen molar-refractivity contribution in [2.75, 3.05) is 5.32 Å². The lowest BCUT2D eigenvalue weighted by molar-refractivity contribution is -0.116. The van der Waals surface area contributed by atoms with Gasteiger partial charge in [0.2, 0.25) is 5.91 Å². The van der Waals surface area contributed by atoms with Crippen LogP contribution in [0.4, 0.5) is 5.69 Å². The number of nitrogens with one attached hydrogen (secondary N) is 1. The van der Waals surface area contributed by atoms with Gasteiger partial charge in [-0.1, -0.05) is 57.9 Å². The second-order valence-corrected chi connectivity index (χ2v) is 8.87. The van der Waals surface area contributed by atoms with Crippen LogP contribution in [-0.2, 0) is 4.79 Å². The summed E-state index contributed by atoms with van der Waals surface area (Å²) in [6.45, 7) is 4.35. The van der Waals surface area contributed by atoms with Gasteiger partial charge in [-0.05, 0) is 55.3 Å². The van der Waals surface area contributed by atoms with Gasteiger partial charge in [0, 0.05) is 17.7 Å². The number of aryl methyl sites for hydroxylation is 1. The van der Waals surface area contributed by atoms with Crippen LogP contribution in [0.5, 0.6) is 0 Å². The Kier molecular flexibility index (Phi) is 8.24. The quantitative estimate of drug-likeness (QED) is 0.330. The fourth-order valence-corrected chi connectivity index (χ4v) is 4.56. The van der Waals surface area contributed by atoms with Gasteiger partial charge in [0.15, 0.2) is 0 Å². The van der Waals surface area contributed by atoms with Gasteiger partial charge in [-0.25, -0.2) is 4.98 Å². The molecule has 1 heterocycles. The van der Waals surface area contributed by atoms with Crippen molar-refractivity contribution in [1.29, 1.82) is 0 Å². The van der Waals surface area contributed by atoms with Crippen LogP contribution in [0.3, 0.4) is 0 Å². The molecule has 2 aromatic carbocycles. The maximum absolute atomic E-state index is 12.2. The lowest BCUT2D eigenvalue weighted by Crippen LogP contribution is -2.10. The van der Waals surface area contributed by atoms with E-state index in [-0.39, 0.29) is 5.91 Å². The topological polar surface area (TPSA) is 42.0 Å². The zero-order chi connectivity index (χ0) is 20.5. The minimum atomic E-state index is 0.110. The van der Waals surface area contributed by atoms with Gasteiger partial charge in [0.25, 0.3) is 0 Å². The molecule has 1 aromatic heterocycles. The molecule has 154 valence electrons. The van der Waals surface area contributed by atoms with Gasteiger partial charge in [-0.3, -0.25) is 4.79 Å². The molecule has 3 aromatic rings. The van der Waals surface area contributed by atoms with Crippen LogP contribution in [0.15, 0.2) is 42.5 Å². The molecule has 3 rings (SSSR count). The van der Waals surface area contributed by atoms with Crippen LogP contribution in [0, 0.1) is 6.92 Å². The van der Waals surface area contributed by atoms with E-state index >= 15 is 0 Å². The number of anilines is 1. The van der Waals surface area contributed by atoms with Crippen LogP contribution >= 0.6 is 11.3 Å². The number of unbranched alkanes of at least 4 members (excludes halogenated alkanes) is 7. The highest BCUT2D eigenvalue weighted by atomic mass is 32.1. The zero-order valence-corrected chi connectivity index (χ0v) is 18.5. The summed E-state index contributed by atoms with van der Waals surface area (Å²) in [4.78, 5) is 16.9. The summed E-state index contributed by atoms with van der Waals surface area (Å²) in [7, 11) is 0. The van der Waals surface area contributed by atoms with Crippen molar-refractivity contribution in [1.82, 2.24) is 4.98 Å². The van der Waals surface area contributed by atoms with E-state index in [0.29, 0.717) is 6.42 Å². The van der Waals surface area contributed by atoms with Crippen molar-refractivity contribution in [3.8, 4) is 10.6 Å². The smallest absolute Gasteiger partial charge is 0.224 e. The normalized spacial score (nSPS) is 11.1. The van der Waals surface area contributed by atoms with E-state index in [2.05, 4.69) is 37.4 Å². The Bertz CT molecular complexity index is 914. The van der Waals surface area contributed by atoms with Crippen molar-refractivity contribution in [2.24, 2.45) is 0 Å². The highest BCUT2D eigenvalue weighted by Crippen LogP contribution is 2.31. The minimum absolute atomic E-state index is 0.110. The Morgan fingerprint density at radius 1 is 0.931 bits per heavy atom. The first-order valence-corrected chi connectivity index (χ1v) is 11.7. The number of hydrogen-bond acceptors (Lipinski definition) is 3. The van der Waals surface area contributed by atoms with E-state index in [1.807, 2.05) is 24.3 Å². The van der Waals surface area contributed by atoms with Crippen LogP contribution in [0.2, 0.25) is 0 Å². The molecular formula is C25H32N2OS. The number of rotatable bonds is 11. The fraction of sp³-hybridized carbons (Fsp3) is 0.440. The average molecular weight is 409 g/mol. The Morgan fingerprint density at radius 2 is 1.62 bits per heavy atom. The van der Waals surface area contributed by atoms with Crippen molar-refractivity contribution >= 4 is 33.1 Å². The summed E-state index contributed by atoms with van der Waals surface area (Å²) in [6, 6.07) is 14.4. The molecule has 0 radical (unpaired) electrons. The lowest BCUT2D eigenvalue weighted by atomic mass is 10.1. The lowest BCUT2D eigenvalue weighted by Gasteiger charge is -2.06. The van der Waals surface area contributed by atoms with Gasteiger partial charge < -0.3 is 5.32 Å². The van der Waals surface area contributed by atoms with E-state index in [9.17, 15) is 4.79 Å². The van der Waals surface area contributed by atoms with Crippen LogP contribution in [0.1, 0.15) is 70.3 Å². The highest BCUT2D eigenvalue weighted by Gasteiger charge is 2.07. The summed E-state index contributed by atoms with van der Waals surface area (Å²) >= 11 is 1.71. The molecule has 4 heteroatoms. The molecule has 1 N–H and O–H groups in total. The number of nitrogens with zero attached hydrogens (tertiary/aromatic N) is 1. The van der Waals surface area contributed by atoms with Gasteiger partial charge in [-0.2, -0.15) is 0 Å². The molecule has 0 aliphatic rings. The van der Waals surface area contributed by atoms with Crippen LogP contribution < -0.4 is 5.32 Å². The third-order valence-electron chi connectivity index (χ3n) is 5.22.